The minimum atomic E-state index is 0.139. The van der Waals surface area contributed by atoms with Crippen LogP contribution in [0.1, 0.15) is 12.8 Å². The summed E-state index contributed by atoms with van der Waals surface area (Å²) in [6, 6.07) is 7.86. The summed E-state index contributed by atoms with van der Waals surface area (Å²) in [6.07, 6.45) is 3.91. The Hall–Kier alpha value is -1.36. The molecule has 1 N–H and O–H groups in total. The van der Waals surface area contributed by atoms with Crippen molar-refractivity contribution in [2.45, 2.75) is 18.4 Å². The minimum Gasteiger partial charge on any atom is -0.383 e. The number of rotatable bonds is 4. The molecule has 1 aromatic carbocycles. The van der Waals surface area contributed by atoms with Gasteiger partial charge in [-0.1, -0.05) is 11.6 Å². The van der Waals surface area contributed by atoms with Crippen LogP contribution >= 0.6 is 11.6 Å². The highest BCUT2D eigenvalue weighted by Gasteiger charge is 2.34. The van der Waals surface area contributed by atoms with Crippen molar-refractivity contribution >= 4 is 28.2 Å². The van der Waals surface area contributed by atoms with Crippen LogP contribution in [0.4, 0.5) is 5.69 Å². The van der Waals surface area contributed by atoms with E-state index in [1.807, 2.05) is 30.5 Å². The van der Waals surface area contributed by atoms with Crippen molar-refractivity contribution in [2.24, 2.45) is 0 Å². The van der Waals surface area contributed by atoms with Gasteiger partial charge in [-0.3, -0.25) is 4.98 Å². The lowest BCUT2D eigenvalue weighted by atomic mass is 9.88. The average Bonchev–Trinajstić information content (AvgIpc) is 2.53. The van der Waals surface area contributed by atoms with Gasteiger partial charge in [0.05, 0.1) is 5.52 Å². The lowest BCUT2D eigenvalue weighted by Gasteiger charge is -2.43. The maximum Gasteiger partial charge on any atom is 0.0737 e. The van der Waals surface area contributed by atoms with Crippen molar-refractivity contribution in [3.63, 3.8) is 0 Å². The molecule has 1 aliphatic rings. The molecule has 0 unspecified atom stereocenters. The number of aromatic nitrogens is 1. The lowest BCUT2D eigenvalue weighted by Crippen LogP contribution is -2.53. The Labute approximate surface area is 136 Å². The Balaban J connectivity index is 1.83. The number of hydrogen-bond acceptors (Lipinski definition) is 4. The fraction of sp³-hybridized carbons (Fsp3) is 0.471. The topological polar surface area (TPSA) is 37.4 Å². The Kier molecular flexibility index (Phi) is 4.52. The Bertz CT molecular complexity index is 653. The SMILES string of the molecule is CN(C)C1(CNc2ccnc3cc(Cl)ccc23)CCOCC1. The number of nitrogens with zero attached hydrogens (tertiary/aromatic N) is 2. The van der Waals surface area contributed by atoms with Gasteiger partial charge in [0.15, 0.2) is 0 Å². The first-order valence-electron chi connectivity index (χ1n) is 7.64. The number of ether oxygens (including phenoxy) is 1. The van der Waals surface area contributed by atoms with Gasteiger partial charge in [0.1, 0.15) is 0 Å². The number of hydrogen-bond donors (Lipinski definition) is 1. The molecular weight excluding hydrogens is 298 g/mol. The van der Waals surface area contributed by atoms with Crippen molar-refractivity contribution in [3.8, 4) is 0 Å². The van der Waals surface area contributed by atoms with Gasteiger partial charge in [0.2, 0.25) is 0 Å². The highest BCUT2D eigenvalue weighted by Crippen LogP contribution is 2.29. The maximum atomic E-state index is 6.05. The van der Waals surface area contributed by atoms with Gasteiger partial charge < -0.3 is 15.0 Å². The summed E-state index contributed by atoms with van der Waals surface area (Å²) in [5.74, 6) is 0. The van der Waals surface area contributed by atoms with Crippen molar-refractivity contribution in [1.29, 1.82) is 0 Å². The third kappa shape index (κ3) is 3.05. The Morgan fingerprint density at radius 2 is 2.05 bits per heavy atom. The molecule has 5 heteroatoms. The predicted molar refractivity (Wildman–Crippen MR) is 91.7 cm³/mol. The standard InChI is InChI=1S/C17H22ClN3O/c1-21(2)17(6-9-22-10-7-17)12-20-15-5-8-19-16-11-13(18)3-4-14(15)16/h3-5,8,11H,6-7,9-10,12H2,1-2H3,(H,19,20). The van der Waals surface area contributed by atoms with Crippen molar-refractivity contribution in [2.75, 3.05) is 39.2 Å². The van der Waals surface area contributed by atoms with Crippen molar-refractivity contribution in [1.82, 2.24) is 9.88 Å². The van der Waals surface area contributed by atoms with Crippen LogP contribution in [-0.2, 0) is 4.74 Å². The number of pyridine rings is 1. The third-order valence-electron chi connectivity index (χ3n) is 4.68. The summed E-state index contributed by atoms with van der Waals surface area (Å²) in [4.78, 5) is 6.72. The largest absolute Gasteiger partial charge is 0.383 e. The van der Waals surface area contributed by atoms with E-state index < -0.39 is 0 Å². The van der Waals surface area contributed by atoms with Crippen LogP contribution < -0.4 is 5.32 Å². The van der Waals surface area contributed by atoms with Gasteiger partial charge in [0, 0.05) is 47.6 Å². The summed E-state index contributed by atoms with van der Waals surface area (Å²) in [5, 5.41) is 5.44. The van der Waals surface area contributed by atoms with Gasteiger partial charge in [0.25, 0.3) is 0 Å². The van der Waals surface area contributed by atoms with Crippen LogP contribution in [0.15, 0.2) is 30.5 Å². The second kappa shape index (κ2) is 6.41. The molecule has 0 spiro atoms. The summed E-state index contributed by atoms with van der Waals surface area (Å²) in [7, 11) is 4.30. The highest BCUT2D eigenvalue weighted by atomic mass is 35.5. The second-order valence-corrected chi connectivity index (χ2v) is 6.54. The van der Waals surface area contributed by atoms with Crippen LogP contribution in [0.3, 0.4) is 0 Å². The maximum absolute atomic E-state index is 6.05. The number of anilines is 1. The van der Waals surface area contributed by atoms with E-state index in [9.17, 15) is 0 Å². The van der Waals surface area contributed by atoms with Crippen LogP contribution in [0.2, 0.25) is 5.02 Å². The third-order valence-corrected chi connectivity index (χ3v) is 4.92. The fourth-order valence-electron chi connectivity index (χ4n) is 3.07. The molecule has 2 heterocycles. The first-order valence-corrected chi connectivity index (χ1v) is 8.02. The van der Waals surface area contributed by atoms with E-state index in [0.717, 1.165) is 49.2 Å². The molecule has 1 fully saturated rings. The molecular formula is C17H22ClN3O. The monoisotopic (exact) mass is 319 g/mol. The van der Waals surface area contributed by atoms with Crippen LogP contribution in [-0.4, -0.2) is 49.3 Å². The van der Waals surface area contributed by atoms with E-state index >= 15 is 0 Å². The zero-order valence-electron chi connectivity index (χ0n) is 13.1. The van der Waals surface area contributed by atoms with Gasteiger partial charge in [-0.25, -0.2) is 0 Å². The molecule has 0 atom stereocenters. The summed E-state index contributed by atoms with van der Waals surface area (Å²) in [6.45, 7) is 2.55. The molecule has 2 aromatic rings. The van der Waals surface area contributed by atoms with Gasteiger partial charge >= 0.3 is 0 Å². The lowest BCUT2D eigenvalue weighted by molar-refractivity contribution is -0.000615. The zero-order chi connectivity index (χ0) is 15.6. The van der Waals surface area contributed by atoms with E-state index in [4.69, 9.17) is 16.3 Å². The zero-order valence-corrected chi connectivity index (χ0v) is 13.9. The average molecular weight is 320 g/mol. The number of benzene rings is 1. The Morgan fingerprint density at radius 3 is 2.77 bits per heavy atom. The molecule has 0 aliphatic carbocycles. The minimum absolute atomic E-state index is 0.139. The second-order valence-electron chi connectivity index (χ2n) is 6.10. The molecule has 0 radical (unpaired) electrons. The number of fused-ring (bicyclic) bond motifs is 1. The molecule has 22 heavy (non-hydrogen) atoms. The molecule has 118 valence electrons. The van der Waals surface area contributed by atoms with E-state index in [2.05, 4.69) is 29.3 Å². The number of nitrogens with one attached hydrogen (secondary N) is 1. The molecule has 0 bridgehead atoms. The Morgan fingerprint density at radius 1 is 1.27 bits per heavy atom. The summed E-state index contributed by atoms with van der Waals surface area (Å²) < 4.78 is 5.53. The molecule has 0 amide bonds. The van der Waals surface area contributed by atoms with E-state index in [1.165, 1.54) is 0 Å². The number of likely N-dealkylation sites (N-methyl/N-ethyl adjacent to an activating group) is 1. The molecule has 0 saturated carbocycles. The summed E-state index contributed by atoms with van der Waals surface area (Å²) >= 11 is 6.05. The first-order chi connectivity index (χ1) is 10.6. The molecule has 3 rings (SSSR count). The number of halogens is 1. The van der Waals surface area contributed by atoms with Gasteiger partial charge in [-0.05, 0) is 51.2 Å². The van der Waals surface area contributed by atoms with Crippen LogP contribution in [0, 0.1) is 0 Å². The van der Waals surface area contributed by atoms with Gasteiger partial charge in [-0.2, -0.15) is 0 Å². The highest BCUT2D eigenvalue weighted by molar-refractivity contribution is 6.31. The van der Waals surface area contributed by atoms with E-state index in [-0.39, 0.29) is 5.54 Å². The van der Waals surface area contributed by atoms with E-state index in [1.54, 1.807) is 0 Å². The molecule has 4 nitrogen and oxygen atoms in total. The quantitative estimate of drug-likeness (QED) is 0.937. The molecule has 1 saturated heterocycles. The molecule has 1 aliphatic heterocycles. The molecule has 1 aromatic heterocycles. The predicted octanol–water partition coefficient (Wildman–Crippen LogP) is 3.41. The van der Waals surface area contributed by atoms with Crippen LogP contribution in [0.25, 0.3) is 10.9 Å². The first kappa shape index (κ1) is 15.5. The normalized spacial score (nSPS) is 17.8. The van der Waals surface area contributed by atoms with E-state index in [0.29, 0.717) is 5.02 Å². The van der Waals surface area contributed by atoms with Gasteiger partial charge in [-0.15, -0.1) is 0 Å². The van der Waals surface area contributed by atoms with Crippen LogP contribution in [0.5, 0.6) is 0 Å². The van der Waals surface area contributed by atoms with Crippen molar-refractivity contribution < 1.29 is 4.74 Å². The smallest absolute Gasteiger partial charge is 0.0737 e. The fourth-order valence-corrected chi connectivity index (χ4v) is 3.23. The summed E-state index contributed by atoms with van der Waals surface area (Å²) in [5.41, 5.74) is 2.16. The van der Waals surface area contributed by atoms with Crippen molar-refractivity contribution in [3.05, 3.63) is 35.5 Å².